The highest BCUT2D eigenvalue weighted by atomic mass is 35.5. The lowest BCUT2D eigenvalue weighted by Crippen LogP contribution is -2.35. The van der Waals surface area contributed by atoms with Crippen LogP contribution in [0.5, 0.6) is 5.75 Å². The quantitative estimate of drug-likeness (QED) is 0.652. The second-order valence-corrected chi connectivity index (χ2v) is 7.45. The van der Waals surface area contributed by atoms with Gasteiger partial charge in [-0.05, 0) is 61.6 Å². The van der Waals surface area contributed by atoms with Gasteiger partial charge in [-0.3, -0.25) is 4.79 Å². The Hall–Kier alpha value is -2.46. The number of ether oxygens (including phenoxy) is 1. The van der Waals surface area contributed by atoms with Gasteiger partial charge < -0.3 is 14.6 Å². The predicted molar refractivity (Wildman–Crippen MR) is 109 cm³/mol. The van der Waals surface area contributed by atoms with Crippen molar-refractivity contribution in [2.45, 2.75) is 33.2 Å². The maximum absolute atomic E-state index is 12.5. The third-order valence-corrected chi connectivity index (χ3v) is 5.76. The third-order valence-electron chi connectivity index (χ3n) is 5.16. The minimum absolute atomic E-state index is 0.0253. The van der Waals surface area contributed by atoms with E-state index >= 15 is 0 Å². The maximum atomic E-state index is 12.5. The molecule has 1 aromatic heterocycles. The van der Waals surface area contributed by atoms with Gasteiger partial charge in [-0.25, -0.2) is 0 Å². The third kappa shape index (κ3) is 3.30. The molecule has 0 radical (unpaired) electrons. The first-order valence-corrected chi connectivity index (χ1v) is 9.72. The van der Waals surface area contributed by atoms with E-state index < -0.39 is 0 Å². The smallest absolute Gasteiger partial charge is 0.268 e. The Balaban J connectivity index is 1.51. The largest absolute Gasteiger partial charge is 0.494 e. The fourth-order valence-electron chi connectivity index (χ4n) is 3.91. The first-order valence-electron chi connectivity index (χ1n) is 9.34. The molecule has 2 aromatic carbocycles. The second kappa shape index (κ2) is 7.28. The number of rotatable bonds is 5. The van der Waals surface area contributed by atoms with Crippen LogP contribution in [-0.2, 0) is 13.0 Å². The molecule has 140 valence electrons. The summed E-state index contributed by atoms with van der Waals surface area (Å²) in [5, 5.41) is 4.93. The number of nitrogens with zero attached hydrogens (tertiary/aromatic N) is 1. The van der Waals surface area contributed by atoms with Crippen molar-refractivity contribution in [2.24, 2.45) is 0 Å². The van der Waals surface area contributed by atoms with Crippen molar-refractivity contribution in [3.05, 3.63) is 63.8 Å². The molecule has 0 bridgehead atoms. The minimum Gasteiger partial charge on any atom is -0.494 e. The number of hydrogen-bond donors (Lipinski definition) is 1. The van der Waals surface area contributed by atoms with Crippen LogP contribution in [0.25, 0.3) is 10.9 Å². The van der Waals surface area contributed by atoms with E-state index in [2.05, 4.69) is 22.0 Å². The molecule has 1 N–H and O–H groups in total. The Morgan fingerprint density at radius 3 is 2.70 bits per heavy atom. The van der Waals surface area contributed by atoms with Crippen LogP contribution in [0.1, 0.15) is 33.6 Å². The average molecular weight is 383 g/mol. The topological polar surface area (TPSA) is 43.3 Å². The molecule has 0 saturated heterocycles. The molecule has 2 heterocycles. The summed E-state index contributed by atoms with van der Waals surface area (Å²) in [6.45, 7) is 6.08. The Labute approximate surface area is 164 Å². The molecule has 4 rings (SSSR count). The number of carbonyl (C=O) groups is 1. The Morgan fingerprint density at radius 1 is 1.19 bits per heavy atom. The summed E-state index contributed by atoms with van der Waals surface area (Å²) in [4.78, 5) is 12.5. The van der Waals surface area contributed by atoms with Crippen molar-refractivity contribution in [3.8, 4) is 5.75 Å². The highest BCUT2D eigenvalue weighted by molar-refractivity contribution is 6.32. The number of hydrogen-bond acceptors (Lipinski definition) is 2. The summed E-state index contributed by atoms with van der Waals surface area (Å²) < 4.78 is 8.09. The van der Waals surface area contributed by atoms with Crippen LogP contribution in [-0.4, -0.2) is 23.6 Å². The monoisotopic (exact) mass is 382 g/mol. The Morgan fingerprint density at radius 2 is 1.93 bits per heavy atom. The zero-order valence-electron chi connectivity index (χ0n) is 15.6. The molecule has 0 saturated carbocycles. The van der Waals surface area contributed by atoms with Crippen LogP contribution in [0.2, 0.25) is 5.02 Å². The Bertz CT molecular complexity index is 1000. The van der Waals surface area contributed by atoms with E-state index in [1.165, 1.54) is 5.39 Å². The zero-order chi connectivity index (χ0) is 19.0. The number of amides is 1. The number of benzene rings is 2. The number of halogens is 1. The van der Waals surface area contributed by atoms with Gasteiger partial charge in [0.1, 0.15) is 11.4 Å². The number of carbonyl (C=O) groups excluding carboxylic acids is 1. The predicted octanol–water partition coefficient (Wildman–Crippen LogP) is 4.67. The van der Waals surface area contributed by atoms with Crippen LogP contribution >= 0.6 is 11.6 Å². The first kappa shape index (κ1) is 17.9. The van der Waals surface area contributed by atoms with E-state index in [1.54, 1.807) is 0 Å². The number of aromatic nitrogens is 1. The van der Waals surface area contributed by atoms with Gasteiger partial charge in [-0.2, -0.15) is 0 Å². The van der Waals surface area contributed by atoms with Crippen molar-refractivity contribution in [1.29, 1.82) is 0 Å². The fraction of sp³-hybridized carbons (Fsp3) is 0.318. The number of fused-ring (bicyclic) bond motifs is 3. The summed E-state index contributed by atoms with van der Waals surface area (Å²) in [6, 6.07) is 12.2. The van der Waals surface area contributed by atoms with Gasteiger partial charge in [0, 0.05) is 29.0 Å². The number of nitrogens with one attached hydrogen (secondary N) is 1. The van der Waals surface area contributed by atoms with Gasteiger partial charge in [0.15, 0.2) is 0 Å². The van der Waals surface area contributed by atoms with Crippen LogP contribution in [0, 0.1) is 13.8 Å². The van der Waals surface area contributed by atoms with E-state index in [1.807, 2.05) is 38.1 Å². The van der Waals surface area contributed by atoms with Crippen molar-refractivity contribution in [2.75, 3.05) is 13.2 Å². The molecule has 0 unspecified atom stereocenters. The van der Waals surface area contributed by atoms with Crippen LogP contribution in [0.15, 0.2) is 36.4 Å². The molecule has 0 spiro atoms. The highest BCUT2D eigenvalue weighted by Gasteiger charge is 2.24. The van der Waals surface area contributed by atoms with E-state index in [-0.39, 0.29) is 5.91 Å². The van der Waals surface area contributed by atoms with E-state index in [0.717, 1.165) is 58.1 Å². The van der Waals surface area contributed by atoms with Gasteiger partial charge in [0.2, 0.25) is 0 Å². The van der Waals surface area contributed by atoms with Gasteiger partial charge in [-0.1, -0.05) is 29.8 Å². The summed E-state index contributed by atoms with van der Waals surface area (Å²) in [5.41, 5.74) is 5.12. The molecule has 5 heteroatoms. The van der Waals surface area contributed by atoms with E-state index in [4.69, 9.17) is 16.3 Å². The molecule has 0 atom stereocenters. The van der Waals surface area contributed by atoms with Gasteiger partial charge in [0.05, 0.1) is 6.61 Å². The maximum Gasteiger partial charge on any atom is 0.268 e. The molecule has 1 aliphatic heterocycles. The summed E-state index contributed by atoms with van der Waals surface area (Å²) in [5.74, 6) is 0.869. The molecule has 0 fully saturated rings. The van der Waals surface area contributed by atoms with Crippen molar-refractivity contribution < 1.29 is 9.53 Å². The molecule has 3 aromatic rings. The normalized spacial score (nSPS) is 13.5. The lowest BCUT2D eigenvalue weighted by atomic mass is 10.0. The fourth-order valence-corrected chi connectivity index (χ4v) is 4.02. The van der Waals surface area contributed by atoms with E-state index in [0.29, 0.717) is 13.2 Å². The number of para-hydroxylation sites is 1. The Kier molecular flexibility index (Phi) is 4.83. The van der Waals surface area contributed by atoms with Crippen LogP contribution < -0.4 is 10.1 Å². The number of aryl methyl sites for hydroxylation is 3. The molecular formula is C22H23ClN2O2. The van der Waals surface area contributed by atoms with Crippen LogP contribution in [0.3, 0.4) is 0 Å². The molecule has 27 heavy (non-hydrogen) atoms. The highest BCUT2D eigenvalue weighted by Crippen LogP contribution is 2.29. The van der Waals surface area contributed by atoms with Gasteiger partial charge >= 0.3 is 0 Å². The molecule has 1 aliphatic rings. The average Bonchev–Trinajstić information content (AvgIpc) is 2.98. The summed E-state index contributed by atoms with van der Waals surface area (Å²) in [6.07, 6.45) is 1.65. The minimum atomic E-state index is 0.0253. The van der Waals surface area contributed by atoms with E-state index in [9.17, 15) is 4.79 Å². The second-order valence-electron chi connectivity index (χ2n) is 7.07. The van der Waals surface area contributed by atoms with Crippen molar-refractivity contribution >= 4 is 28.4 Å². The lowest BCUT2D eigenvalue weighted by Gasteiger charge is -2.18. The first-order chi connectivity index (χ1) is 13.1. The molecular weight excluding hydrogens is 360 g/mol. The SMILES string of the molecule is Cc1cc(OCCCc2c3n(c4ccccc24)CCNC3=O)cc(C)c1Cl. The van der Waals surface area contributed by atoms with Crippen LogP contribution in [0.4, 0.5) is 0 Å². The van der Waals surface area contributed by atoms with Crippen molar-refractivity contribution in [3.63, 3.8) is 0 Å². The molecule has 0 aliphatic carbocycles. The standard InChI is InChI=1S/C22H23ClN2O2/c1-14-12-16(13-15(2)20(14)23)27-11-5-7-18-17-6-3-4-8-19(17)25-10-9-24-22(26)21(18)25/h3-4,6,8,12-13H,5,7,9-11H2,1-2H3,(H,24,26). The van der Waals surface area contributed by atoms with Crippen molar-refractivity contribution in [1.82, 2.24) is 9.88 Å². The molecule has 1 amide bonds. The van der Waals surface area contributed by atoms with Gasteiger partial charge in [-0.15, -0.1) is 0 Å². The van der Waals surface area contributed by atoms with Gasteiger partial charge in [0.25, 0.3) is 5.91 Å². The lowest BCUT2D eigenvalue weighted by molar-refractivity contribution is 0.0927. The zero-order valence-corrected chi connectivity index (χ0v) is 16.4. The summed E-state index contributed by atoms with van der Waals surface area (Å²) in [7, 11) is 0. The summed E-state index contributed by atoms with van der Waals surface area (Å²) >= 11 is 6.22. The molecule has 4 nitrogen and oxygen atoms in total.